The van der Waals surface area contributed by atoms with Crippen LogP contribution in [0.1, 0.15) is 48.0 Å². The highest BCUT2D eigenvalue weighted by atomic mass is 15.0. The van der Waals surface area contributed by atoms with E-state index in [1.165, 1.54) is 6.42 Å². The Morgan fingerprint density at radius 2 is 1.31 bits per heavy atom. The molecule has 0 aromatic rings. The zero-order chi connectivity index (χ0) is 10.5. The molecule has 0 spiro atoms. The summed E-state index contributed by atoms with van der Waals surface area (Å²) in [7, 11) is 0. The van der Waals surface area contributed by atoms with Gasteiger partial charge in [-0.25, -0.2) is 0 Å². The third-order valence-electron chi connectivity index (χ3n) is 2.27. The minimum Gasteiger partial charge on any atom is -0.311 e. The van der Waals surface area contributed by atoms with Gasteiger partial charge in [0.25, 0.3) is 0 Å². The Hall–Kier alpha value is -0.0800. The maximum Gasteiger partial charge on any atom is 0.0123 e. The third-order valence-corrected chi connectivity index (χ3v) is 2.27. The molecule has 0 aliphatic carbocycles. The normalized spacial score (nSPS) is 13.4. The predicted molar refractivity (Wildman–Crippen MR) is 60.1 cm³/mol. The first-order chi connectivity index (χ1) is 5.77. The number of rotatable bonds is 5. The monoisotopic (exact) mass is 186 g/mol. The van der Waals surface area contributed by atoms with Crippen molar-refractivity contribution >= 4 is 0 Å². The molecule has 2 nitrogen and oxygen atoms in total. The largest absolute Gasteiger partial charge is 0.311 e. The maximum atomic E-state index is 3.52. The van der Waals surface area contributed by atoms with Gasteiger partial charge in [-0.15, -0.1) is 0 Å². The molecule has 0 radical (unpaired) electrons. The van der Waals surface area contributed by atoms with Gasteiger partial charge in [0.1, 0.15) is 0 Å². The van der Waals surface area contributed by atoms with Gasteiger partial charge in [0, 0.05) is 24.2 Å². The van der Waals surface area contributed by atoms with Crippen molar-refractivity contribution in [3.63, 3.8) is 0 Å². The Bertz CT molecular complexity index is 134. The number of nitrogens with one attached hydrogen (secondary N) is 2. The Balaban J connectivity index is 3.47. The molecular formula is C11H26N2. The first kappa shape index (κ1) is 12.9. The SMILES string of the molecule is CCC(C)(C)NCCNC(C)(C)C. The number of hydrogen-bond donors (Lipinski definition) is 2. The summed E-state index contributed by atoms with van der Waals surface area (Å²) in [4.78, 5) is 0. The molecule has 0 rings (SSSR count). The fourth-order valence-corrected chi connectivity index (χ4v) is 0.963. The Morgan fingerprint density at radius 3 is 1.69 bits per heavy atom. The smallest absolute Gasteiger partial charge is 0.0123 e. The van der Waals surface area contributed by atoms with Gasteiger partial charge in [-0.1, -0.05) is 6.92 Å². The molecular weight excluding hydrogens is 160 g/mol. The molecule has 0 aromatic heterocycles. The Labute approximate surface area is 83.5 Å². The molecule has 80 valence electrons. The second kappa shape index (κ2) is 4.97. The minimum absolute atomic E-state index is 0.234. The van der Waals surface area contributed by atoms with Gasteiger partial charge in [-0.05, 0) is 41.0 Å². The summed E-state index contributed by atoms with van der Waals surface area (Å²) in [6, 6.07) is 0. The van der Waals surface area contributed by atoms with E-state index in [0.29, 0.717) is 0 Å². The molecule has 0 saturated carbocycles. The van der Waals surface area contributed by atoms with E-state index in [9.17, 15) is 0 Å². The van der Waals surface area contributed by atoms with Crippen LogP contribution in [0.15, 0.2) is 0 Å². The summed E-state index contributed by atoms with van der Waals surface area (Å²) in [5, 5.41) is 6.97. The van der Waals surface area contributed by atoms with Crippen molar-refractivity contribution in [2.75, 3.05) is 13.1 Å². The van der Waals surface area contributed by atoms with Crippen LogP contribution < -0.4 is 10.6 Å². The maximum absolute atomic E-state index is 3.52. The van der Waals surface area contributed by atoms with Crippen LogP contribution in [0.25, 0.3) is 0 Å². The van der Waals surface area contributed by atoms with Crippen LogP contribution in [0.2, 0.25) is 0 Å². The van der Waals surface area contributed by atoms with E-state index in [4.69, 9.17) is 0 Å². The van der Waals surface area contributed by atoms with Crippen LogP contribution in [0.5, 0.6) is 0 Å². The van der Waals surface area contributed by atoms with Crippen molar-refractivity contribution in [1.29, 1.82) is 0 Å². The summed E-state index contributed by atoms with van der Waals surface area (Å²) in [6.45, 7) is 15.3. The zero-order valence-electron chi connectivity index (χ0n) is 10.1. The van der Waals surface area contributed by atoms with Gasteiger partial charge in [0.05, 0.1) is 0 Å². The zero-order valence-corrected chi connectivity index (χ0v) is 10.1. The van der Waals surface area contributed by atoms with Crippen LogP contribution in [0, 0.1) is 0 Å². The van der Waals surface area contributed by atoms with Crippen LogP contribution in [0.4, 0.5) is 0 Å². The van der Waals surface area contributed by atoms with Crippen LogP contribution >= 0.6 is 0 Å². The summed E-state index contributed by atoms with van der Waals surface area (Å²) >= 11 is 0. The molecule has 0 unspecified atom stereocenters. The molecule has 0 atom stereocenters. The Morgan fingerprint density at radius 1 is 0.846 bits per heavy atom. The van der Waals surface area contributed by atoms with Crippen molar-refractivity contribution in [1.82, 2.24) is 10.6 Å². The molecule has 0 bridgehead atoms. The van der Waals surface area contributed by atoms with E-state index in [0.717, 1.165) is 13.1 Å². The van der Waals surface area contributed by atoms with E-state index in [1.54, 1.807) is 0 Å². The van der Waals surface area contributed by atoms with Gasteiger partial charge in [0.15, 0.2) is 0 Å². The second-order valence-corrected chi connectivity index (χ2v) is 5.34. The van der Waals surface area contributed by atoms with Gasteiger partial charge >= 0.3 is 0 Å². The highest BCUT2D eigenvalue weighted by Crippen LogP contribution is 2.05. The van der Waals surface area contributed by atoms with Crippen molar-refractivity contribution in [2.45, 2.75) is 59.0 Å². The lowest BCUT2D eigenvalue weighted by Crippen LogP contribution is -2.45. The van der Waals surface area contributed by atoms with Crippen LogP contribution in [0.3, 0.4) is 0 Å². The van der Waals surface area contributed by atoms with E-state index in [-0.39, 0.29) is 11.1 Å². The lowest BCUT2D eigenvalue weighted by atomic mass is 10.0. The average Bonchev–Trinajstić information content (AvgIpc) is 1.97. The van der Waals surface area contributed by atoms with Gasteiger partial charge < -0.3 is 10.6 Å². The quantitative estimate of drug-likeness (QED) is 0.643. The standard InChI is InChI=1S/C11H26N2/c1-7-11(5,6)13-9-8-12-10(2,3)4/h12-13H,7-9H2,1-6H3. The van der Waals surface area contributed by atoms with Gasteiger partial charge in [0.2, 0.25) is 0 Å². The molecule has 2 N–H and O–H groups in total. The van der Waals surface area contributed by atoms with E-state index in [2.05, 4.69) is 52.2 Å². The first-order valence-corrected chi connectivity index (χ1v) is 5.27. The Kier molecular flexibility index (Phi) is 4.93. The fraction of sp³-hybridized carbons (Fsp3) is 1.00. The van der Waals surface area contributed by atoms with E-state index < -0.39 is 0 Å². The summed E-state index contributed by atoms with van der Waals surface area (Å²) < 4.78 is 0. The molecule has 0 aliphatic rings. The van der Waals surface area contributed by atoms with Gasteiger partial charge in [-0.3, -0.25) is 0 Å². The van der Waals surface area contributed by atoms with Crippen molar-refractivity contribution in [3.8, 4) is 0 Å². The molecule has 0 fully saturated rings. The van der Waals surface area contributed by atoms with E-state index >= 15 is 0 Å². The highest BCUT2D eigenvalue weighted by Gasteiger charge is 2.13. The van der Waals surface area contributed by atoms with Crippen molar-refractivity contribution < 1.29 is 0 Å². The van der Waals surface area contributed by atoms with Crippen molar-refractivity contribution in [3.05, 3.63) is 0 Å². The summed E-state index contributed by atoms with van der Waals surface area (Å²) in [5.74, 6) is 0. The summed E-state index contributed by atoms with van der Waals surface area (Å²) in [5.41, 5.74) is 0.512. The molecule has 0 heterocycles. The molecule has 2 heteroatoms. The topological polar surface area (TPSA) is 24.1 Å². The van der Waals surface area contributed by atoms with Crippen molar-refractivity contribution in [2.24, 2.45) is 0 Å². The molecule has 0 aliphatic heterocycles. The van der Waals surface area contributed by atoms with Gasteiger partial charge in [-0.2, -0.15) is 0 Å². The number of hydrogen-bond acceptors (Lipinski definition) is 2. The summed E-state index contributed by atoms with van der Waals surface area (Å²) in [6.07, 6.45) is 1.17. The molecule has 0 amide bonds. The highest BCUT2D eigenvalue weighted by molar-refractivity contribution is 4.77. The third kappa shape index (κ3) is 8.26. The lowest BCUT2D eigenvalue weighted by molar-refractivity contribution is 0.354. The van der Waals surface area contributed by atoms with E-state index in [1.807, 2.05) is 0 Å². The molecule has 0 aromatic carbocycles. The molecule has 13 heavy (non-hydrogen) atoms. The molecule has 0 saturated heterocycles. The predicted octanol–water partition coefficient (Wildman–Crippen LogP) is 2.15. The lowest BCUT2D eigenvalue weighted by Gasteiger charge is -2.26. The van der Waals surface area contributed by atoms with Crippen LogP contribution in [-0.4, -0.2) is 24.2 Å². The van der Waals surface area contributed by atoms with Crippen LogP contribution in [-0.2, 0) is 0 Å². The fourth-order valence-electron chi connectivity index (χ4n) is 0.963. The minimum atomic E-state index is 0.234. The second-order valence-electron chi connectivity index (χ2n) is 5.34. The first-order valence-electron chi connectivity index (χ1n) is 5.27. The average molecular weight is 186 g/mol.